The fraction of sp³-hybridized carbons (Fsp3) is 0.533. The first-order valence-electron chi connectivity index (χ1n) is 7.21. The smallest absolute Gasteiger partial charge is 0.226 e. The van der Waals surface area contributed by atoms with Crippen molar-refractivity contribution in [2.24, 2.45) is 0 Å². The van der Waals surface area contributed by atoms with Crippen LogP contribution in [0, 0.1) is 0 Å². The molecule has 0 saturated heterocycles. The van der Waals surface area contributed by atoms with E-state index in [4.69, 9.17) is 4.52 Å². The SMILES string of the molecule is CC(C)c1noc(CCCC(=O)N[C@H](C)c2cccs2)n1. The van der Waals surface area contributed by atoms with E-state index in [1.807, 2.05) is 38.3 Å². The summed E-state index contributed by atoms with van der Waals surface area (Å²) >= 11 is 1.65. The lowest BCUT2D eigenvalue weighted by Gasteiger charge is -2.11. The van der Waals surface area contributed by atoms with Crippen molar-refractivity contribution in [3.8, 4) is 0 Å². The highest BCUT2D eigenvalue weighted by atomic mass is 32.1. The van der Waals surface area contributed by atoms with E-state index < -0.39 is 0 Å². The molecule has 0 aliphatic carbocycles. The monoisotopic (exact) mass is 307 g/mol. The van der Waals surface area contributed by atoms with E-state index in [0.717, 1.165) is 5.82 Å². The maximum Gasteiger partial charge on any atom is 0.226 e. The molecule has 2 heterocycles. The Morgan fingerprint density at radius 3 is 2.86 bits per heavy atom. The van der Waals surface area contributed by atoms with Gasteiger partial charge in [-0.05, 0) is 24.8 Å². The minimum absolute atomic E-state index is 0.0551. The maximum atomic E-state index is 11.9. The van der Waals surface area contributed by atoms with Crippen LogP contribution in [-0.4, -0.2) is 16.0 Å². The molecule has 0 radical (unpaired) electrons. The second-order valence-corrected chi connectivity index (χ2v) is 6.34. The highest BCUT2D eigenvalue weighted by Crippen LogP contribution is 2.18. The fourth-order valence-electron chi connectivity index (χ4n) is 1.93. The van der Waals surface area contributed by atoms with Gasteiger partial charge < -0.3 is 9.84 Å². The molecule has 21 heavy (non-hydrogen) atoms. The third-order valence-corrected chi connectivity index (χ3v) is 4.20. The van der Waals surface area contributed by atoms with Gasteiger partial charge in [-0.3, -0.25) is 4.79 Å². The lowest BCUT2D eigenvalue weighted by atomic mass is 10.2. The highest BCUT2D eigenvalue weighted by Gasteiger charge is 2.12. The number of thiophene rings is 1. The van der Waals surface area contributed by atoms with Crippen molar-refractivity contribution in [2.45, 2.75) is 52.0 Å². The first kappa shape index (κ1) is 15.7. The Morgan fingerprint density at radius 2 is 2.24 bits per heavy atom. The molecule has 0 aliphatic rings. The van der Waals surface area contributed by atoms with Crippen LogP contribution in [0.2, 0.25) is 0 Å². The van der Waals surface area contributed by atoms with Crippen molar-refractivity contribution in [3.05, 3.63) is 34.1 Å². The summed E-state index contributed by atoms with van der Waals surface area (Å²) in [6.45, 7) is 6.04. The Morgan fingerprint density at radius 1 is 1.43 bits per heavy atom. The standard InChI is InChI=1S/C15H21N3O2S/c1-10(2)15-17-14(20-18-15)8-4-7-13(19)16-11(3)12-6-5-9-21-12/h5-6,9-11H,4,7-8H2,1-3H3,(H,16,19)/t11-/m1/s1. The minimum Gasteiger partial charge on any atom is -0.349 e. The lowest BCUT2D eigenvalue weighted by molar-refractivity contribution is -0.121. The third kappa shape index (κ3) is 4.67. The zero-order valence-electron chi connectivity index (χ0n) is 12.6. The Bertz CT molecular complexity index is 563. The largest absolute Gasteiger partial charge is 0.349 e. The van der Waals surface area contributed by atoms with Gasteiger partial charge in [-0.2, -0.15) is 4.98 Å². The van der Waals surface area contributed by atoms with Crippen LogP contribution in [0.15, 0.2) is 22.0 Å². The Balaban J connectivity index is 1.71. The molecule has 1 N–H and O–H groups in total. The van der Waals surface area contributed by atoms with Crippen LogP contribution in [-0.2, 0) is 11.2 Å². The fourth-order valence-corrected chi connectivity index (χ4v) is 2.66. The second kappa shape index (κ2) is 7.36. The van der Waals surface area contributed by atoms with Gasteiger partial charge in [0.1, 0.15) is 0 Å². The van der Waals surface area contributed by atoms with Gasteiger partial charge in [-0.1, -0.05) is 25.1 Å². The van der Waals surface area contributed by atoms with Gasteiger partial charge in [0.15, 0.2) is 5.82 Å². The quantitative estimate of drug-likeness (QED) is 0.850. The number of aromatic nitrogens is 2. The zero-order chi connectivity index (χ0) is 15.2. The number of nitrogens with one attached hydrogen (secondary N) is 1. The molecule has 0 fully saturated rings. The molecule has 0 bridgehead atoms. The summed E-state index contributed by atoms with van der Waals surface area (Å²) in [4.78, 5) is 17.3. The first-order valence-corrected chi connectivity index (χ1v) is 8.09. The number of carbonyl (C=O) groups is 1. The zero-order valence-corrected chi connectivity index (χ0v) is 13.4. The molecule has 0 unspecified atom stereocenters. The van der Waals surface area contributed by atoms with E-state index in [0.29, 0.717) is 25.2 Å². The Labute approximate surface area is 128 Å². The van der Waals surface area contributed by atoms with Gasteiger partial charge in [0, 0.05) is 23.6 Å². The first-order chi connectivity index (χ1) is 10.1. The van der Waals surface area contributed by atoms with Crippen molar-refractivity contribution >= 4 is 17.2 Å². The molecule has 1 amide bonds. The van der Waals surface area contributed by atoms with Crippen molar-refractivity contribution in [3.63, 3.8) is 0 Å². The summed E-state index contributed by atoms with van der Waals surface area (Å²) in [5, 5.41) is 8.92. The topological polar surface area (TPSA) is 68.0 Å². The number of aryl methyl sites for hydroxylation is 1. The van der Waals surface area contributed by atoms with Crippen LogP contribution < -0.4 is 5.32 Å². The predicted octanol–water partition coefficient (Wildman–Crippen LogP) is 3.45. The van der Waals surface area contributed by atoms with E-state index >= 15 is 0 Å². The summed E-state index contributed by atoms with van der Waals surface area (Å²) < 4.78 is 5.16. The number of rotatable bonds is 7. The molecule has 0 aliphatic heterocycles. The van der Waals surface area contributed by atoms with Gasteiger partial charge in [-0.25, -0.2) is 0 Å². The minimum atomic E-state index is 0.0551. The maximum absolute atomic E-state index is 11.9. The van der Waals surface area contributed by atoms with Crippen LogP contribution in [0.4, 0.5) is 0 Å². The van der Waals surface area contributed by atoms with Gasteiger partial charge in [-0.15, -0.1) is 11.3 Å². The molecule has 2 aromatic heterocycles. The van der Waals surface area contributed by atoms with E-state index in [9.17, 15) is 4.79 Å². The number of nitrogens with zero attached hydrogens (tertiary/aromatic N) is 2. The molecule has 0 aromatic carbocycles. The van der Waals surface area contributed by atoms with Crippen LogP contribution in [0.25, 0.3) is 0 Å². The van der Waals surface area contributed by atoms with E-state index in [2.05, 4.69) is 15.5 Å². The van der Waals surface area contributed by atoms with Gasteiger partial charge in [0.05, 0.1) is 6.04 Å². The van der Waals surface area contributed by atoms with E-state index in [1.165, 1.54) is 4.88 Å². The molecule has 0 saturated carbocycles. The molecular weight excluding hydrogens is 286 g/mol. The van der Waals surface area contributed by atoms with Gasteiger partial charge in [0.25, 0.3) is 0 Å². The summed E-state index contributed by atoms with van der Waals surface area (Å²) in [5.41, 5.74) is 0. The molecule has 1 atom stereocenters. The third-order valence-electron chi connectivity index (χ3n) is 3.14. The molecule has 2 rings (SSSR count). The predicted molar refractivity (Wildman–Crippen MR) is 82.2 cm³/mol. The molecule has 0 spiro atoms. The Kier molecular flexibility index (Phi) is 5.50. The number of hydrogen-bond acceptors (Lipinski definition) is 5. The number of amides is 1. The number of hydrogen-bond donors (Lipinski definition) is 1. The average Bonchev–Trinajstić information content (AvgIpc) is 3.10. The molecule has 2 aromatic rings. The summed E-state index contributed by atoms with van der Waals surface area (Å²) in [6, 6.07) is 4.08. The van der Waals surface area contributed by atoms with Crippen LogP contribution in [0.5, 0.6) is 0 Å². The van der Waals surface area contributed by atoms with Crippen LogP contribution in [0.1, 0.15) is 62.2 Å². The van der Waals surface area contributed by atoms with Crippen molar-refractivity contribution in [1.82, 2.24) is 15.5 Å². The van der Waals surface area contributed by atoms with Crippen LogP contribution >= 0.6 is 11.3 Å². The van der Waals surface area contributed by atoms with E-state index in [-0.39, 0.29) is 17.9 Å². The summed E-state index contributed by atoms with van der Waals surface area (Å²) in [7, 11) is 0. The molecular formula is C15H21N3O2S. The molecule has 6 heteroatoms. The van der Waals surface area contributed by atoms with Gasteiger partial charge >= 0.3 is 0 Å². The molecule has 114 valence electrons. The van der Waals surface area contributed by atoms with Crippen molar-refractivity contribution in [2.75, 3.05) is 0 Å². The van der Waals surface area contributed by atoms with Crippen molar-refractivity contribution in [1.29, 1.82) is 0 Å². The summed E-state index contributed by atoms with van der Waals surface area (Å²) in [6.07, 6.45) is 1.82. The van der Waals surface area contributed by atoms with Crippen molar-refractivity contribution < 1.29 is 9.32 Å². The molecule has 5 nitrogen and oxygen atoms in total. The summed E-state index contributed by atoms with van der Waals surface area (Å²) in [5.74, 6) is 1.65. The normalized spacial score (nSPS) is 12.6. The van der Waals surface area contributed by atoms with Crippen LogP contribution in [0.3, 0.4) is 0 Å². The lowest BCUT2D eigenvalue weighted by Crippen LogP contribution is -2.25. The second-order valence-electron chi connectivity index (χ2n) is 5.36. The average molecular weight is 307 g/mol. The van der Waals surface area contributed by atoms with Gasteiger partial charge in [0.2, 0.25) is 11.8 Å². The van der Waals surface area contributed by atoms with E-state index in [1.54, 1.807) is 11.3 Å². The Hall–Kier alpha value is -1.69. The highest BCUT2D eigenvalue weighted by molar-refractivity contribution is 7.10. The number of carbonyl (C=O) groups excluding carboxylic acids is 1.